The summed E-state index contributed by atoms with van der Waals surface area (Å²) in [5.41, 5.74) is 1.46. The Morgan fingerprint density at radius 3 is 2.25 bits per heavy atom. The van der Waals surface area contributed by atoms with Crippen LogP contribution in [-0.4, -0.2) is 4.43 Å². The van der Waals surface area contributed by atoms with Crippen molar-refractivity contribution in [3.8, 4) is 0 Å². The standard InChI is InChI=1S/C11H15I/c1-9(8-12)10(2)11-6-4-3-5-7-11/h3-7,9-10H,8H2,1-2H3. The summed E-state index contributed by atoms with van der Waals surface area (Å²) in [6.07, 6.45) is 0. The predicted molar refractivity (Wildman–Crippen MR) is 62.9 cm³/mol. The van der Waals surface area contributed by atoms with Crippen molar-refractivity contribution in [1.82, 2.24) is 0 Å². The van der Waals surface area contributed by atoms with Crippen LogP contribution in [-0.2, 0) is 0 Å². The molecule has 1 aromatic carbocycles. The number of hydrogen-bond donors (Lipinski definition) is 0. The summed E-state index contributed by atoms with van der Waals surface area (Å²) >= 11 is 2.46. The van der Waals surface area contributed by atoms with E-state index >= 15 is 0 Å². The van der Waals surface area contributed by atoms with Crippen molar-refractivity contribution in [1.29, 1.82) is 0 Å². The maximum absolute atomic E-state index is 2.46. The van der Waals surface area contributed by atoms with E-state index in [1.807, 2.05) is 0 Å². The van der Waals surface area contributed by atoms with Crippen LogP contribution < -0.4 is 0 Å². The van der Waals surface area contributed by atoms with Gasteiger partial charge >= 0.3 is 0 Å². The van der Waals surface area contributed by atoms with Gasteiger partial charge in [-0.15, -0.1) is 0 Å². The molecule has 0 nitrogen and oxygen atoms in total. The summed E-state index contributed by atoms with van der Waals surface area (Å²) in [7, 11) is 0. The van der Waals surface area contributed by atoms with Crippen molar-refractivity contribution in [2.75, 3.05) is 4.43 Å². The highest BCUT2D eigenvalue weighted by atomic mass is 127. The second-order valence-electron chi connectivity index (χ2n) is 3.33. The third kappa shape index (κ3) is 2.47. The number of hydrogen-bond acceptors (Lipinski definition) is 0. The van der Waals surface area contributed by atoms with Crippen LogP contribution in [0.15, 0.2) is 30.3 Å². The first-order valence-corrected chi connectivity index (χ1v) is 5.89. The molecule has 0 saturated carbocycles. The minimum atomic E-state index is 0.683. The van der Waals surface area contributed by atoms with Gasteiger partial charge < -0.3 is 0 Å². The Hall–Kier alpha value is -0.0500. The number of benzene rings is 1. The van der Waals surface area contributed by atoms with Gasteiger partial charge in [-0.25, -0.2) is 0 Å². The van der Waals surface area contributed by atoms with Gasteiger partial charge in [0.1, 0.15) is 0 Å². The highest BCUT2D eigenvalue weighted by Crippen LogP contribution is 2.24. The van der Waals surface area contributed by atoms with Crippen LogP contribution in [0.3, 0.4) is 0 Å². The van der Waals surface area contributed by atoms with Crippen LogP contribution >= 0.6 is 22.6 Å². The Morgan fingerprint density at radius 1 is 1.17 bits per heavy atom. The van der Waals surface area contributed by atoms with Crippen LogP contribution in [0.1, 0.15) is 25.3 Å². The van der Waals surface area contributed by atoms with Gasteiger partial charge in [-0.1, -0.05) is 66.8 Å². The maximum Gasteiger partial charge on any atom is 0.00267 e. The average Bonchev–Trinajstić information content (AvgIpc) is 2.17. The molecular formula is C11H15I. The van der Waals surface area contributed by atoms with E-state index in [2.05, 4.69) is 66.8 Å². The zero-order valence-corrected chi connectivity index (χ0v) is 9.78. The highest BCUT2D eigenvalue weighted by molar-refractivity contribution is 14.1. The molecular weight excluding hydrogens is 259 g/mol. The van der Waals surface area contributed by atoms with E-state index in [0.717, 1.165) is 5.92 Å². The molecule has 0 aliphatic carbocycles. The highest BCUT2D eigenvalue weighted by Gasteiger charge is 2.11. The molecule has 0 heterocycles. The minimum Gasteiger partial charge on any atom is -0.0861 e. The molecule has 0 spiro atoms. The van der Waals surface area contributed by atoms with Crippen LogP contribution in [0.25, 0.3) is 0 Å². The molecule has 66 valence electrons. The quantitative estimate of drug-likeness (QED) is 0.580. The zero-order chi connectivity index (χ0) is 8.97. The van der Waals surface area contributed by atoms with Gasteiger partial charge in [-0.05, 0) is 17.4 Å². The van der Waals surface area contributed by atoms with Crippen molar-refractivity contribution in [3.63, 3.8) is 0 Å². The van der Waals surface area contributed by atoms with Gasteiger partial charge in [-0.3, -0.25) is 0 Å². The SMILES string of the molecule is CC(CI)C(C)c1ccccc1. The molecule has 0 fully saturated rings. The lowest BCUT2D eigenvalue weighted by atomic mass is 9.90. The fourth-order valence-electron chi connectivity index (χ4n) is 1.22. The van der Waals surface area contributed by atoms with Crippen LogP contribution in [0, 0.1) is 5.92 Å². The van der Waals surface area contributed by atoms with Gasteiger partial charge in [-0.2, -0.15) is 0 Å². The van der Waals surface area contributed by atoms with E-state index in [1.165, 1.54) is 9.99 Å². The predicted octanol–water partition coefficient (Wildman–Crippen LogP) is 3.86. The van der Waals surface area contributed by atoms with E-state index in [9.17, 15) is 0 Å². The lowest BCUT2D eigenvalue weighted by molar-refractivity contribution is 0.551. The third-order valence-corrected chi connectivity index (χ3v) is 3.81. The largest absolute Gasteiger partial charge is 0.0861 e. The average molecular weight is 274 g/mol. The molecule has 2 atom stereocenters. The lowest BCUT2D eigenvalue weighted by Crippen LogP contribution is -2.06. The van der Waals surface area contributed by atoms with E-state index in [4.69, 9.17) is 0 Å². The molecule has 0 saturated heterocycles. The van der Waals surface area contributed by atoms with Gasteiger partial charge in [0, 0.05) is 4.43 Å². The summed E-state index contributed by atoms with van der Waals surface area (Å²) in [6.45, 7) is 4.61. The Labute approximate surface area is 88.5 Å². The first kappa shape index (κ1) is 10.0. The molecule has 0 N–H and O–H groups in total. The first-order valence-electron chi connectivity index (χ1n) is 4.36. The first-order chi connectivity index (χ1) is 5.75. The lowest BCUT2D eigenvalue weighted by Gasteiger charge is -2.17. The normalized spacial score (nSPS) is 15.6. The van der Waals surface area contributed by atoms with Gasteiger partial charge in [0.15, 0.2) is 0 Å². The number of alkyl halides is 1. The van der Waals surface area contributed by atoms with Crippen LogP contribution in [0.5, 0.6) is 0 Å². The molecule has 12 heavy (non-hydrogen) atoms. The summed E-state index contributed by atoms with van der Waals surface area (Å²) < 4.78 is 1.23. The Morgan fingerprint density at radius 2 is 1.75 bits per heavy atom. The van der Waals surface area contributed by atoms with Gasteiger partial charge in [0.25, 0.3) is 0 Å². The maximum atomic E-state index is 2.46. The van der Waals surface area contributed by atoms with Crippen molar-refractivity contribution in [2.45, 2.75) is 19.8 Å². The Kier molecular flexibility index (Phi) is 4.06. The van der Waals surface area contributed by atoms with E-state index < -0.39 is 0 Å². The molecule has 0 bridgehead atoms. The van der Waals surface area contributed by atoms with Crippen molar-refractivity contribution < 1.29 is 0 Å². The summed E-state index contributed by atoms with van der Waals surface area (Å²) in [4.78, 5) is 0. The molecule has 0 aromatic heterocycles. The molecule has 0 aliphatic heterocycles. The van der Waals surface area contributed by atoms with E-state index in [-0.39, 0.29) is 0 Å². The topological polar surface area (TPSA) is 0 Å². The summed E-state index contributed by atoms with van der Waals surface area (Å²) in [6, 6.07) is 10.7. The second-order valence-corrected chi connectivity index (χ2v) is 4.21. The molecule has 1 aromatic rings. The van der Waals surface area contributed by atoms with Gasteiger partial charge in [0.2, 0.25) is 0 Å². The Balaban J connectivity index is 2.71. The van der Waals surface area contributed by atoms with Gasteiger partial charge in [0.05, 0.1) is 0 Å². The molecule has 1 heteroatoms. The molecule has 1 rings (SSSR count). The molecule has 0 amide bonds. The van der Waals surface area contributed by atoms with Crippen molar-refractivity contribution >= 4 is 22.6 Å². The molecule has 0 aliphatic rings. The summed E-state index contributed by atoms with van der Waals surface area (Å²) in [5, 5.41) is 0. The van der Waals surface area contributed by atoms with Crippen molar-refractivity contribution in [2.24, 2.45) is 5.92 Å². The van der Waals surface area contributed by atoms with E-state index in [0.29, 0.717) is 5.92 Å². The number of halogens is 1. The monoisotopic (exact) mass is 274 g/mol. The Bertz CT molecular complexity index is 218. The smallest absolute Gasteiger partial charge is 0.00267 e. The third-order valence-electron chi connectivity index (χ3n) is 2.42. The van der Waals surface area contributed by atoms with Crippen LogP contribution in [0.4, 0.5) is 0 Å². The fraction of sp³-hybridized carbons (Fsp3) is 0.455. The summed E-state index contributed by atoms with van der Waals surface area (Å²) in [5.74, 6) is 1.45. The zero-order valence-electron chi connectivity index (χ0n) is 7.63. The number of rotatable bonds is 3. The van der Waals surface area contributed by atoms with Crippen LogP contribution in [0.2, 0.25) is 0 Å². The molecule has 0 radical (unpaired) electrons. The second kappa shape index (κ2) is 4.85. The fourth-order valence-corrected chi connectivity index (χ4v) is 1.98. The molecule has 2 unspecified atom stereocenters. The van der Waals surface area contributed by atoms with E-state index in [1.54, 1.807) is 0 Å². The minimum absolute atomic E-state index is 0.683. The van der Waals surface area contributed by atoms with Crippen molar-refractivity contribution in [3.05, 3.63) is 35.9 Å².